The highest BCUT2D eigenvalue weighted by atomic mass is 16.5. The van der Waals surface area contributed by atoms with Crippen molar-refractivity contribution in [3.05, 3.63) is 71.8 Å². The lowest BCUT2D eigenvalue weighted by Gasteiger charge is -2.07. The lowest BCUT2D eigenvalue weighted by atomic mass is 10.1. The first-order chi connectivity index (χ1) is 12.6. The topological polar surface area (TPSA) is 76.1 Å². The molecule has 2 N–H and O–H groups in total. The monoisotopic (exact) mass is 348 g/mol. The molecule has 0 aliphatic carbocycles. The predicted molar refractivity (Wildman–Crippen MR) is 102 cm³/mol. The van der Waals surface area contributed by atoms with E-state index in [2.05, 4.69) is 20.8 Å². The van der Waals surface area contributed by atoms with Crippen molar-refractivity contribution in [1.82, 2.24) is 10.2 Å². The van der Waals surface area contributed by atoms with E-state index in [1.54, 1.807) is 19.2 Å². The molecule has 1 heterocycles. The summed E-state index contributed by atoms with van der Waals surface area (Å²) in [5, 5.41) is 14.0. The molecule has 0 bridgehead atoms. The lowest BCUT2D eigenvalue weighted by Crippen LogP contribution is -2.15. The van der Waals surface area contributed by atoms with Gasteiger partial charge >= 0.3 is 0 Å². The van der Waals surface area contributed by atoms with Crippen LogP contribution in [0.2, 0.25) is 0 Å². The molecule has 26 heavy (non-hydrogen) atoms. The molecule has 0 saturated carbocycles. The molecule has 6 nitrogen and oxygen atoms in total. The molecule has 3 aromatic rings. The van der Waals surface area contributed by atoms with E-state index in [1.807, 2.05) is 55.5 Å². The van der Waals surface area contributed by atoms with Crippen LogP contribution in [0.15, 0.2) is 60.7 Å². The van der Waals surface area contributed by atoms with Crippen molar-refractivity contribution >= 4 is 23.2 Å². The fourth-order valence-corrected chi connectivity index (χ4v) is 2.37. The van der Waals surface area contributed by atoms with Crippen LogP contribution >= 0.6 is 0 Å². The van der Waals surface area contributed by atoms with Crippen molar-refractivity contribution in [1.29, 1.82) is 0 Å². The summed E-state index contributed by atoms with van der Waals surface area (Å²) in [5.41, 5.74) is 3.00. The fraction of sp³-hybridized carbons (Fsp3) is 0.150. The van der Waals surface area contributed by atoms with Gasteiger partial charge in [-0.3, -0.25) is 4.79 Å². The number of ether oxygens (including phenoxy) is 1. The number of rotatable bonds is 6. The number of carbonyl (C=O) groups is 1. The summed E-state index contributed by atoms with van der Waals surface area (Å²) in [6, 6.07) is 18.8. The molecule has 0 aliphatic heterocycles. The van der Waals surface area contributed by atoms with Crippen LogP contribution in [-0.4, -0.2) is 23.2 Å². The molecule has 0 aliphatic rings. The SMILES string of the molecule is COc1ccc(Nc2ccc(NC(=O)Cc3ccc(C)cc3)nn2)cc1. The Kier molecular flexibility index (Phi) is 5.43. The highest BCUT2D eigenvalue weighted by Crippen LogP contribution is 2.18. The lowest BCUT2D eigenvalue weighted by molar-refractivity contribution is -0.115. The third-order valence-corrected chi connectivity index (χ3v) is 3.78. The maximum Gasteiger partial charge on any atom is 0.229 e. The first-order valence-electron chi connectivity index (χ1n) is 8.22. The Balaban J connectivity index is 1.56. The molecule has 1 aromatic heterocycles. The van der Waals surface area contributed by atoms with Crippen LogP contribution in [0, 0.1) is 6.92 Å². The fourth-order valence-electron chi connectivity index (χ4n) is 2.37. The molecule has 6 heteroatoms. The Labute approximate surface area is 152 Å². The zero-order valence-electron chi connectivity index (χ0n) is 14.7. The van der Waals surface area contributed by atoms with E-state index < -0.39 is 0 Å². The summed E-state index contributed by atoms with van der Waals surface area (Å²) < 4.78 is 5.12. The van der Waals surface area contributed by atoms with Gasteiger partial charge in [0, 0.05) is 5.69 Å². The Morgan fingerprint density at radius 1 is 0.923 bits per heavy atom. The third-order valence-electron chi connectivity index (χ3n) is 3.78. The molecule has 0 unspecified atom stereocenters. The smallest absolute Gasteiger partial charge is 0.229 e. The average Bonchev–Trinajstić information content (AvgIpc) is 2.66. The molecule has 132 valence electrons. The van der Waals surface area contributed by atoms with Crippen LogP contribution in [-0.2, 0) is 11.2 Å². The molecule has 0 saturated heterocycles. The van der Waals surface area contributed by atoms with Gasteiger partial charge in [-0.15, -0.1) is 10.2 Å². The largest absolute Gasteiger partial charge is 0.497 e. The number of aryl methyl sites for hydroxylation is 1. The van der Waals surface area contributed by atoms with Crippen molar-refractivity contribution in [2.75, 3.05) is 17.7 Å². The van der Waals surface area contributed by atoms with Crippen molar-refractivity contribution in [3.8, 4) is 5.75 Å². The standard InChI is InChI=1S/C20H20N4O2/c1-14-3-5-15(6-4-14)13-20(25)22-19-12-11-18(23-24-19)21-16-7-9-17(26-2)10-8-16/h3-12H,13H2,1-2H3,(H,21,23)(H,22,24,25). The highest BCUT2D eigenvalue weighted by Gasteiger charge is 2.06. The highest BCUT2D eigenvalue weighted by molar-refractivity contribution is 5.91. The van der Waals surface area contributed by atoms with Gasteiger partial charge in [0.25, 0.3) is 0 Å². The van der Waals surface area contributed by atoms with Gasteiger partial charge in [-0.25, -0.2) is 0 Å². The van der Waals surface area contributed by atoms with E-state index in [-0.39, 0.29) is 5.91 Å². The maximum atomic E-state index is 12.1. The van der Waals surface area contributed by atoms with Gasteiger partial charge in [0.05, 0.1) is 13.5 Å². The van der Waals surface area contributed by atoms with E-state index in [0.717, 1.165) is 17.0 Å². The van der Waals surface area contributed by atoms with Gasteiger partial charge in [0.15, 0.2) is 11.6 Å². The van der Waals surface area contributed by atoms with Crippen molar-refractivity contribution in [2.45, 2.75) is 13.3 Å². The minimum absolute atomic E-state index is 0.126. The average molecular weight is 348 g/mol. The number of carbonyl (C=O) groups excluding carboxylic acids is 1. The summed E-state index contributed by atoms with van der Waals surface area (Å²) in [5.74, 6) is 1.67. The van der Waals surface area contributed by atoms with Crippen LogP contribution in [0.1, 0.15) is 11.1 Å². The summed E-state index contributed by atoms with van der Waals surface area (Å²) in [6.45, 7) is 2.01. The van der Waals surface area contributed by atoms with Gasteiger partial charge in [0.2, 0.25) is 5.91 Å². The summed E-state index contributed by atoms with van der Waals surface area (Å²) in [7, 11) is 1.62. The Morgan fingerprint density at radius 3 is 2.19 bits per heavy atom. The number of amides is 1. The van der Waals surface area contributed by atoms with E-state index in [4.69, 9.17) is 4.74 Å². The van der Waals surface area contributed by atoms with Crippen molar-refractivity contribution in [3.63, 3.8) is 0 Å². The summed E-state index contributed by atoms with van der Waals surface area (Å²) >= 11 is 0. The van der Waals surface area contributed by atoms with Gasteiger partial charge in [-0.2, -0.15) is 0 Å². The van der Waals surface area contributed by atoms with Crippen LogP contribution in [0.3, 0.4) is 0 Å². The van der Waals surface area contributed by atoms with E-state index in [0.29, 0.717) is 18.1 Å². The Hall–Kier alpha value is -3.41. The minimum Gasteiger partial charge on any atom is -0.497 e. The molecule has 0 radical (unpaired) electrons. The second-order valence-electron chi connectivity index (χ2n) is 5.87. The van der Waals surface area contributed by atoms with E-state index in [9.17, 15) is 4.79 Å². The maximum absolute atomic E-state index is 12.1. The molecule has 0 atom stereocenters. The third kappa shape index (κ3) is 4.80. The van der Waals surface area contributed by atoms with Crippen molar-refractivity contribution < 1.29 is 9.53 Å². The van der Waals surface area contributed by atoms with E-state index in [1.165, 1.54) is 5.56 Å². The van der Waals surface area contributed by atoms with Gasteiger partial charge in [0.1, 0.15) is 5.75 Å². The second-order valence-corrected chi connectivity index (χ2v) is 5.87. The van der Waals surface area contributed by atoms with Gasteiger partial charge in [-0.05, 0) is 48.9 Å². The number of hydrogen-bond acceptors (Lipinski definition) is 5. The summed E-state index contributed by atoms with van der Waals surface area (Å²) in [6.07, 6.45) is 0.299. The van der Waals surface area contributed by atoms with Crippen LogP contribution in [0.5, 0.6) is 5.75 Å². The number of nitrogens with zero attached hydrogens (tertiary/aromatic N) is 2. The van der Waals surface area contributed by atoms with Gasteiger partial charge in [-0.1, -0.05) is 29.8 Å². The zero-order chi connectivity index (χ0) is 18.4. The molecule has 1 amide bonds. The number of hydrogen-bond donors (Lipinski definition) is 2. The molecule has 2 aromatic carbocycles. The Bertz CT molecular complexity index is 860. The molecule has 3 rings (SSSR count). The molecule has 0 fully saturated rings. The Morgan fingerprint density at radius 2 is 1.58 bits per heavy atom. The van der Waals surface area contributed by atoms with Crippen LogP contribution < -0.4 is 15.4 Å². The summed E-state index contributed by atoms with van der Waals surface area (Å²) in [4.78, 5) is 12.1. The first-order valence-corrected chi connectivity index (χ1v) is 8.22. The number of anilines is 3. The normalized spacial score (nSPS) is 10.2. The minimum atomic E-state index is -0.126. The quantitative estimate of drug-likeness (QED) is 0.710. The van der Waals surface area contributed by atoms with Crippen molar-refractivity contribution in [2.24, 2.45) is 0 Å². The number of aromatic nitrogens is 2. The number of methoxy groups -OCH3 is 1. The van der Waals surface area contributed by atoms with Gasteiger partial charge < -0.3 is 15.4 Å². The van der Waals surface area contributed by atoms with E-state index >= 15 is 0 Å². The molecular formula is C20H20N4O2. The number of nitrogens with one attached hydrogen (secondary N) is 2. The zero-order valence-corrected chi connectivity index (χ0v) is 14.7. The van der Waals surface area contributed by atoms with Crippen LogP contribution in [0.25, 0.3) is 0 Å². The molecular weight excluding hydrogens is 328 g/mol. The first kappa shape index (κ1) is 17.4. The number of benzene rings is 2. The molecule has 0 spiro atoms. The second kappa shape index (κ2) is 8.11. The van der Waals surface area contributed by atoms with Crippen LogP contribution in [0.4, 0.5) is 17.3 Å². The predicted octanol–water partition coefficient (Wildman–Crippen LogP) is 3.72.